The summed E-state index contributed by atoms with van der Waals surface area (Å²) >= 11 is 0. The van der Waals surface area contributed by atoms with Crippen LogP contribution in [0.15, 0.2) is 6.33 Å². The third-order valence-corrected chi connectivity index (χ3v) is 5.88. The highest BCUT2D eigenvalue weighted by molar-refractivity contribution is 5.81. The first-order valence-corrected chi connectivity index (χ1v) is 8.86. The maximum atomic E-state index is 13.4. The second-order valence-electron chi connectivity index (χ2n) is 7.55. The van der Waals surface area contributed by atoms with Crippen LogP contribution >= 0.6 is 0 Å². The minimum atomic E-state index is -4.35. The Bertz CT molecular complexity index is 652. The highest BCUT2D eigenvalue weighted by atomic mass is 19.4. The molecule has 2 fully saturated rings. The number of carbonyl (C=O) groups is 1. The van der Waals surface area contributed by atoms with Crippen molar-refractivity contribution in [1.29, 1.82) is 0 Å². The Balaban J connectivity index is 1.41. The maximum absolute atomic E-state index is 13.4. The van der Waals surface area contributed by atoms with Gasteiger partial charge >= 0.3 is 6.18 Å². The van der Waals surface area contributed by atoms with E-state index in [1.54, 1.807) is 0 Å². The number of alkyl halides is 3. The molecule has 4 rings (SSSR count). The third kappa shape index (κ3) is 3.08. The third-order valence-electron chi connectivity index (χ3n) is 5.88. The molecule has 1 aliphatic carbocycles. The molecule has 0 bridgehead atoms. The molecule has 1 aromatic rings. The van der Waals surface area contributed by atoms with E-state index in [0.29, 0.717) is 19.0 Å². The number of amides is 1. The van der Waals surface area contributed by atoms with Crippen LogP contribution < -0.4 is 5.32 Å². The number of rotatable bonds is 2. The number of likely N-dealkylation sites (tertiary alicyclic amines) is 1. The van der Waals surface area contributed by atoms with Crippen LogP contribution in [0.3, 0.4) is 0 Å². The fourth-order valence-corrected chi connectivity index (χ4v) is 4.15. The van der Waals surface area contributed by atoms with Gasteiger partial charge in [-0.2, -0.15) is 23.3 Å². The predicted molar refractivity (Wildman–Crippen MR) is 83.7 cm³/mol. The lowest BCUT2D eigenvalue weighted by molar-refractivity contribution is -0.174. The number of fused-ring (bicyclic) bond motifs is 1. The molecule has 0 unspecified atom stereocenters. The lowest BCUT2D eigenvalue weighted by Crippen LogP contribution is -2.47. The van der Waals surface area contributed by atoms with E-state index in [1.807, 2.05) is 4.90 Å². The standard InChI is InChI=1S/C16H22F3N5O/c1-9-6-11(9)14(25)23-4-2-10(3-5-23)12-7-13(16(17,18)19)24-15(22-12)20-8-21-24/h8-13H,2-7H2,1H3,(H,20,21,22)/t9-,11+,12-,13+/m0/s1. The van der Waals surface area contributed by atoms with Gasteiger partial charge < -0.3 is 10.2 Å². The van der Waals surface area contributed by atoms with Crippen LogP contribution in [0.25, 0.3) is 0 Å². The average Bonchev–Trinajstić information content (AvgIpc) is 3.12. The van der Waals surface area contributed by atoms with Gasteiger partial charge in [0.1, 0.15) is 6.33 Å². The molecule has 3 aliphatic rings. The van der Waals surface area contributed by atoms with Gasteiger partial charge in [-0.3, -0.25) is 4.79 Å². The summed E-state index contributed by atoms with van der Waals surface area (Å²) in [5.41, 5.74) is 0. The van der Waals surface area contributed by atoms with Crippen LogP contribution in [0.2, 0.25) is 0 Å². The van der Waals surface area contributed by atoms with Crippen LogP contribution in [0.5, 0.6) is 0 Å². The Hall–Kier alpha value is -1.80. The molecule has 0 radical (unpaired) electrons. The van der Waals surface area contributed by atoms with Crippen LogP contribution in [-0.4, -0.2) is 50.9 Å². The van der Waals surface area contributed by atoms with Gasteiger partial charge in [-0.25, -0.2) is 4.68 Å². The topological polar surface area (TPSA) is 63.1 Å². The number of halogens is 3. The normalized spacial score (nSPS) is 32.9. The van der Waals surface area contributed by atoms with Crippen molar-refractivity contribution < 1.29 is 18.0 Å². The number of piperidine rings is 1. The highest BCUT2D eigenvalue weighted by Gasteiger charge is 2.48. The predicted octanol–water partition coefficient (Wildman–Crippen LogP) is 2.46. The number of nitrogens with zero attached hydrogens (tertiary/aromatic N) is 4. The zero-order chi connectivity index (χ0) is 17.8. The number of anilines is 1. The van der Waals surface area contributed by atoms with Crippen molar-refractivity contribution in [3.05, 3.63) is 6.33 Å². The lowest BCUT2D eigenvalue weighted by Gasteiger charge is -2.40. The van der Waals surface area contributed by atoms with Crippen molar-refractivity contribution >= 4 is 11.9 Å². The second kappa shape index (κ2) is 5.88. The molecule has 0 spiro atoms. The number of hydrogen-bond donors (Lipinski definition) is 1. The summed E-state index contributed by atoms with van der Waals surface area (Å²) in [6.07, 6.45) is -0.820. The molecule has 2 aliphatic heterocycles. The average molecular weight is 357 g/mol. The first kappa shape index (κ1) is 16.7. The molecule has 3 heterocycles. The van der Waals surface area contributed by atoms with Crippen LogP contribution in [0, 0.1) is 17.8 Å². The number of nitrogens with one attached hydrogen (secondary N) is 1. The van der Waals surface area contributed by atoms with E-state index in [9.17, 15) is 18.0 Å². The van der Waals surface area contributed by atoms with E-state index in [1.165, 1.54) is 0 Å². The van der Waals surface area contributed by atoms with Gasteiger partial charge in [0, 0.05) is 25.0 Å². The van der Waals surface area contributed by atoms with Crippen LogP contribution in [-0.2, 0) is 4.79 Å². The molecule has 138 valence electrons. The molecular weight excluding hydrogens is 335 g/mol. The quantitative estimate of drug-likeness (QED) is 0.883. The molecule has 4 atom stereocenters. The summed E-state index contributed by atoms with van der Waals surface area (Å²) in [4.78, 5) is 18.1. The molecule has 1 N–H and O–H groups in total. The summed E-state index contributed by atoms with van der Waals surface area (Å²) in [5.74, 6) is 1.15. The number of hydrogen-bond acceptors (Lipinski definition) is 4. The zero-order valence-electron chi connectivity index (χ0n) is 14.0. The van der Waals surface area contributed by atoms with Crippen molar-refractivity contribution in [1.82, 2.24) is 19.7 Å². The van der Waals surface area contributed by atoms with Crippen LogP contribution in [0.1, 0.15) is 38.6 Å². The molecule has 1 saturated carbocycles. The van der Waals surface area contributed by atoms with Crippen molar-refractivity contribution in [2.75, 3.05) is 18.4 Å². The molecule has 6 nitrogen and oxygen atoms in total. The number of carbonyl (C=O) groups excluding carboxylic acids is 1. The first-order chi connectivity index (χ1) is 11.8. The molecule has 9 heteroatoms. The smallest absolute Gasteiger partial charge is 0.351 e. The van der Waals surface area contributed by atoms with E-state index in [0.717, 1.165) is 30.3 Å². The van der Waals surface area contributed by atoms with Gasteiger partial charge in [-0.05, 0) is 37.5 Å². The fourth-order valence-electron chi connectivity index (χ4n) is 4.15. The lowest BCUT2D eigenvalue weighted by atomic mass is 9.85. The van der Waals surface area contributed by atoms with Gasteiger partial charge in [-0.1, -0.05) is 6.92 Å². The minimum absolute atomic E-state index is 0.0435. The summed E-state index contributed by atoms with van der Waals surface area (Å²) in [6, 6.07) is -1.93. The maximum Gasteiger partial charge on any atom is 0.411 e. The zero-order valence-corrected chi connectivity index (χ0v) is 14.0. The summed E-state index contributed by atoms with van der Waals surface area (Å²) < 4.78 is 41.0. The molecule has 25 heavy (non-hydrogen) atoms. The van der Waals surface area contributed by atoms with Crippen molar-refractivity contribution in [2.24, 2.45) is 17.8 Å². The number of aromatic nitrogens is 3. The van der Waals surface area contributed by atoms with Gasteiger partial charge in [0.05, 0.1) is 0 Å². The van der Waals surface area contributed by atoms with E-state index in [2.05, 4.69) is 22.3 Å². The van der Waals surface area contributed by atoms with Crippen LogP contribution in [0.4, 0.5) is 19.1 Å². The Kier molecular flexibility index (Phi) is 3.92. The van der Waals surface area contributed by atoms with Gasteiger partial charge in [-0.15, -0.1) is 0 Å². The van der Waals surface area contributed by atoms with Gasteiger partial charge in [0.15, 0.2) is 6.04 Å². The van der Waals surface area contributed by atoms with E-state index in [4.69, 9.17) is 0 Å². The molecule has 1 saturated heterocycles. The molecule has 1 amide bonds. The molecule has 1 aromatic heterocycles. The van der Waals surface area contributed by atoms with Crippen molar-refractivity contribution in [3.63, 3.8) is 0 Å². The Morgan fingerprint density at radius 2 is 1.96 bits per heavy atom. The highest BCUT2D eigenvalue weighted by Crippen LogP contribution is 2.42. The SMILES string of the molecule is C[C@H]1C[C@H]1C(=O)N1CCC([C@@H]2C[C@H](C(F)(F)F)n3ncnc3N2)CC1. The monoisotopic (exact) mass is 357 g/mol. The molecule has 0 aromatic carbocycles. The van der Waals surface area contributed by atoms with Gasteiger partial charge in [0.2, 0.25) is 11.9 Å². The minimum Gasteiger partial charge on any atom is -0.351 e. The second-order valence-corrected chi connectivity index (χ2v) is 7.55. The largest absolute Gasteiger partial charge is 0.411 e. The van der Waals surface area contributed by atoms with Crippen molar-refractivity contribution in [3.8, 4) is 0 Å². The first-order valence-electron chi connectivity index (χ1n) is 8.86. The summed E-state index contributed by atoms with van der Waals surface area (Å²) in [6.45, 7) is 3.34. The Labute approximate surface area is 143 Å². The van der Waals surface area contributed by atoms with E-state index in [-0.39, 0.29) is 36.2 Å². The summed E-state index contributed by atoms with van der Waals surface area (Å²) in [7, 11) is 0. The Morgan fingerprint density at radius 3 is 2.56 bits per heavy atom. The van der Waals surface area contributed by atoms with Gasteiger partial charge in [0.25, 0.3) is 0 Å². The fraction of sp³-hybridized carbons (Fsp3) is 0.812. The van der Waals surface area contributed by atoms with E-state index < -0.39 is 12.2 Å². The Morgan fingerprint density at radius 1 is 1.28 bits per heavy atom. The van der Waals surface area contributed by atoms with Crippen molar-refractivity contribution in [2.45, 2.75) is 50.9 Å². The molecular formula is C16H22F3N5O. The van der Waals surface area contributed by atoms with E-state index >= 15 is 0 Å². The summed E-state index contributed by atoms with van der Waals surface area (Å²) in [5, 5.41) is 6.84.